The van der Waals surface area contributed by atoms with E-state index in [-0.39, 0.29) is 73.6 Å². The number of hydrogen-bond acceptors (Lipinski definition) is 13. The molecule has 8 rings (SSSR count). The Bertz CT molecular complexity index is 3330. The molecule has 4 aromatic carbocycles. The summed E-state index contributed by atoms with van der Waals surface area (Å²) in [5.41, 5.74) is 3.48. The normalized spacial score (nSPS) is 12.9. The molecular weight excluding hydrogens is 1050 g/mol. The van der Waals surface area contributed by atoms with Crippen molar-refractivity contribution in [2.24, 2.45) is 0 Å². The summed E-state index contributed by atoms with van der Waals surface area (Å²) in [4.78, 5) is 85.6. The molecule has 24 heteroatoms. The number of aromatic nitrogens is 4. The number of benzene rings is 4. The Hall–Kier alpha value is -8.93. The number of likely N-dealkylation sites (N-methyl/N-ethyl adjacent to an activating group) is 2. The first-order chi connectivity index (χ1) is 38.4. The molecule has 2 aliphatic heterocycles. The lowest BCUT2D eigenvalue weighted by Gasteiger charge is -2.31. The van der Waals surface area contributed by atoms with E-state index in [2.05, 4.69) is 47.2 Å². The van der Waals surface area contributed by atoms with Gasteiger partial charge in [-0.3, -0.25) is 9.59 Å². The average Bonchev–Trinajstić information content (AvgIpc) is 3.52. The van der Waals surface area contributed by atoms with Gasteiger partial charge in [0, 0.05) is 78.7 Å². The summed E-state index contributed by atoms with van der Waals surface area (Å²) < 4.78 is 65.0. The highest BCUT2D eigenvalue weighted by Crippen LogP contribution is 2.41. The van der Waals surface area contributed by atoms with E-state index in [4.69, 9.17) is 14.7 Å². The number of anilines is 6. The van der Waals surface area contributed by atoms with Crippen molar-refractivity contribution in [2.45, 2.75) is 93.1 Å². The van der Waals surface area contributed by atoms with E-state index in [1.54, 1.807) is 65.2 Å². The molecule has 7 N–H and O–H groups in total. The number of rotatable bonds is 16. The van der Waals surface area contributed by atoms with Crippen molar-refractivity contribution in [1.82, 2.24) is 51.4 Å². The third-order valence-corrected chi connectivity index (χ3v) is 12.4. The van der Waals surface area contributed by atoms with Gasteiger partial charge in [0.25, 0.3) is 11.8 Å². The van der Waals surface area contributed by atoms with E-state index in [0.29, 0.717) is 57.9 Å². The van der Waals surface area contributed by atoms with Crippen molar-refractivity contribution >= 4 is 64.9 Å². The second kappa shape index (κ2) is 25.5. The van der Waals surface area contributed by atoms with E-state index in [9.17, 15) is 32.8 Å². The van der Waals surface area contributed by atoms with Crippen molar-refractivity contribution in [3.8, 4) is 22.5 Å². The number of ether oxygens (including phenoxy) is 1. The highest BCUT2D eigenvalue weighted by atomic mass is 19.1. The lowest BCUT2D eigenvalue weighted by Crippen LogP contribution is -2.43. The standard InChI is InChI=1S/C31H37F2N7O4.C26H29F2N7O2/c1-17(2)36-27(41)19-12-11-18(3)20(15-19)24-21-16-35-29(42)40(25-22(32)9-8-10-23(25)33)26(21)38-28(37-24)34-13-14-39(7)30(43)44-31(4,5)6;1-14(2)32-24(36)16-9-8-15(3)17(12-16)21-18-13-31-26(37)35(22-19(27)6-5-7-20(22)28)23(18)34-25(33-21)30-11-10-29-4/h8-12,15,17H,13-14,16H2,1-7H3,(H,35,42)(H,36,41)(H,34,37,38);5-9,12,14,29H,10-11,13H2,1-4H3,(H,31,37)(H,32,36)(H,30,33,34). The Kier molecular flexibility index (Phi) is 18.8. The number of hydrogen-bond donors (Lipinski definition) is 7. The van der Waals surface area contributed by atoms with Crippen molar-refractivity contribution in [3.63, 3.8) is 0 Å². The second-order valence-corrected chi connectivity index (χ2v) is 20.7. The monoisotopic (exact) mass is 1120 g/mol. The third-order valence-electron chi connectivity index (χ3n) is 12.4. The number of carbonyl (C=O) groups is 5. The van der Waals surface area contributed by atoms with Crippen molar-refractivity contribution in [3.05, 3.63) is 129 Å². The van der Waals surface area contributed by atoms with Gasteiger partial charge in [-0.25, -0.2) is 51.7 Å². The number of fused-ring (bicyclic) bond motifs is 2. The van der Waals surface area contributed by atoms with Crippen molar-refractivity contribution < 1.29 is 46.3 Å². The Morgan fingerprint density at radius 2 is 1.05 bits per heavy atom. The van der Waals surface area contributed by atoms with Gasteiger partial charge in [0.05, 0.1) is 24.5 Å². The molecule has 4 heterocycles. The van der Waals surface area contributed by atoms with Gasteiger partial charge in [0.1, 0.15) is 40.2 Å². The number of halogens is 4. The van der Waals surface area contributed by atoms with E-state index in [1.807, 2.05) is 47.6 Å². The topological polar surface area (TPSA) is 240 Å². The Morgan fingerprint density at radius 1 is 0.642 bits per heavy atom. The minimum Gasteiger partial charge on any atom is -0.444 e. The zero-order valence-electron chi connectivity index (χ0n) is 46.9. The minimum absolute atomic E-state index is 0.0258. The van der Waals surface area contributed by atoms with Crippen LogP contribution in [0.2, 0.25) is 0 Å². The molecule has 0 spiro atoms. The Morgan fingerprint density at radius 3 is 1.43 bits per heavy atom. The molecule has 2 aliphatic rings. The van der Waals surface area contributed by atoms with Crippen LogP contribution in [0.4, 0.5) is 66.9 Å². The molecule has 0 aliphatic carbocycles. The average molecular weight is 1120 g/mol. The second-order valence-electron chi connectivity index (χ2n) is 20.7. The van der Waals surface area contributed by atoms with Gasteiger partial charge < -0.3 is 46.9 Å². The fourth-order valence-electron chi connectivity index (χ4n) is 8.54. The molecule has 2 aromatic heterocycles. The summed E-state index contributed by atoms with van der Waals surface area (Å²) in [7, 11) is 3.38. The molecule has 428 valence electrons. The van der Waals surface area contributed by atoms with Crippen LogP contribution in [0.5, 0.6) is 0 Å². The summed E-state index contributed by atoms with van der Waals surface area (Å²) in [5, 5.41) is 20.2. The lowest BCUT2D eigenvalue weighted by molar-refractivity contribution is 0.0305. The van der Waals surface area contributed by atoms with Gasteiger partial charge in [-0.2, -0.15) is 9.97 Å². The van der Waals surface area contributed by atoms with Crippen LogP contribution in [-0.4, -0.2) is 113 Å². The maximum absolute atomic E-state index is 15.0. The maximum atomic E-state index is 15.0. The van der Waals surface area contributed by atoms with Crippen LogP contribution >= 0.6 is 0 Å². The van der Waals surface area contributed by atoms with Gasteiger partial charge in [0.2, 0.25) is 11.9 Å². The lowest BCUT2D eigenvalue weighted by atomic mass is 9.97. The molecule has 0 atom stereocenters. The van der Waals surface area contributed by atoms with Gasteiger partial charge in [-0.1, -0.05) is 24.3 Å². The molecule has 0 fully saturated rings. The minimum atomic E-state index is -0.954. The van der Waals surface area contributed by atoms with E-state index < -0.39 is 58.4 Å². The maximum Gasteiger partial charge on any atom is 0.410 e. The number of urea groups is 2. The van der Waals surface area contributed by atoms with Gasteiger partial charge in [-0.15, -0.1) is 0 Å². The summed E-state index contributed by atoms with van der Waals surface area (Å²) in [5.74, 6) is -3.99. The predicted molar refractivity (Wildman–Crippen MR) is 301 cm³/mol. The molecule has 0 unspecified atom stereocenters. The fourth-order valence-corrected chi connectivity index (χ4v) is 8.54. The zero-order valence-corrected chi connectivity index (χ0v) is 46.9. The van der Waals surface area contributed by atoms with E-state index in [1.165, 1.54) is 17.0 Å². The molecule has 7 amide bonds. The molecule has 81 heavy (non-hydrogen) atoms. The van der Waals surface area contributed by atoms with Crippen molar-refractivity contribution in [2.75, 3.05) is 60.7 Å². The molecule has 0 bridgehead atoms. The summed E-state index contributed by atoms with van der Waals surface area (Å²) in [6.07, 6.45) is -0.517. The van der Waals surface area contributed by atoms with E-state index >= 15 is 8.78 Å². The molecule has 0 saturated carbocycles. The first-order valence-corrected chi connectivity index (χ1v) is 26.1. The Balaban J connectivity index is 0.000000237. The summed E-state index contributed by atoms with van der Waals surface area (Å²) in [6.45, 7) is 17.9. The van der Waals surface area contributed by atoms with Gasteiger partial charge in [-0.05, 0) is 129 Å². The first kappa shape index (κ1) is 59.7. The number of amides is 7. The quantitative estimate of drug-likeness (QED) is 0.0354. The predicted octanol–water partition coefficient (Wildman–Crippen LogP) is 9.37. The SMILES string of the molecule is CNCCNc1nc(-c2cc(C(=O)NC(C)C)ccc2C)c2c(n1)N(c1c(F)cccc1F)C(=O)NC2.Cc1ccc(C(=O)NC(C)C)cc1-c1nc(NCCN(C)C(=O)OC(C)(C)C)nc2c1CNC(=O)N2c1c(F)cccc1F. The van der Waals surface area contributed by atoms with Crippen LogP contribution in [0.25, 0.3) is 22.5 Å². The van der Waals surface area contributed by atoms with Crippen LogP contribution in [0.15, 0.2) is 72.8 Å². The number of nitrogens with one attached hydrogen (secondary N) is 7. The number of carbonyl (C=O) groups excluding carboxylic acids is 5. The largest absolute Gasteiger partial charge is 0.444 e. The molecular formula is C57H66F4N14O6. The third kappa shape index (κ3) is 14.1. The zero-order chi connectivity index (χ0) is 59.0. The highest BCUT2D eigenvalue weighted by molar-refractivity contribution is 6.04. The van der Waals surface area contributed by atoms with Crippen LogP contribution in [0, 0.1) is 37.1 Å². The summed E-state index contributed by atoms with van der Waals surface area (Å²) >= 11 is 0. The summed E-state index contributed by atoms with van der Waals surface area (Å²) in [6, 6.07) is 15.5. The van der Waals surface area contributed by atoms with Crippen LogP contribution in [0.1, 0.15) is 91.4 Å². The smallest absolute Gasteiger partial charge is 0.410 e. The highest BCUT2D eigenvalue weighted by Gasteiger charge is 2.36. The molecule has 6 aromatic rings. The van der Waals surface area contributed by atoms with Gasteiger partial charge >= 0.3 is 18.2 Å². The van der Waals surface area contributed by atoms with Gasteiger partial charge in [0.15, 0.2) is 11.6 Å². The first-order valence-electron chi connectivity index (χ1n) is 26.1. The molecule has 0 saturated heterocycles. The van der Waals surface area contributed by atoms with Crippen LogP contribution in [0.3, 0.4) is 0 Å². The molecule has 20 nitrogen and oxygen atoms in total. The molecule has 0 radical (unpaired) electrons. The number of aryl methyl sites for hydroxylation is 2. The number of para-hydroxylation sites is 2. The Labute approximate surface area is 466 Å². The van der Waals surface area contributed by atoms with Crippen LogP contribution in [-0.2, 0) is 17.8 Å². The fraction of sp³-hybridized carbons (Fsp3) is 0.351. The van der Waals surface area contributed by atoms with Crippen LogP contribution < -0.4 is 47.0 Å². The van der Waals surface area contributed by atoms with Crippen molar-refractivity contribution in [1.29, 1.82) is 0 Å². The van der Waals surface area contributed by atoms with E-state index in [0.717, 1.165) is 45.2 Å². The number of nitrogens with zero attached hydrogens (tertiary/aromatic N) is 7.